The summed E-state index contributed by atoms with van der Waals surface area (Å²) in [6.45, 7) is 0.361. The smallest absolute Gasteiger partial charge is 0.357 e. The Morgan fingerprint density at radius 3 is 2.93 bits per heavy atom. The fourth-order valence-corrected chi connectivity index (χ4v) is 2.48. The zero-order chi connectivity index (χ0) is 21.7. The second-order valence-electron chi connectivity index (χ2n) is 5.97. The lowest BCUT2D eigenvalue weighted by Gasteiger charge is -2.09. The number of ether oxygens (including phenoxy) is 1. The zero-order valence-electron chi connectivity index (χ0n) is 15.6. The third-order valence-corrected chi connectivity index (χ3v) is 3.82. The largest absolute Gasteiger partial charge is 0.491 e. The molecule has 30 heavy (non-hydrogen) atoms. The molecule has 3 rings (SSSR count). The van der Waals surface area contributed by atoms with E-state index in [1.165, 1.54) is 24.1 Å². The first-order chi connectivity index (χ1) is 14.4. The molecule has 3 aromatic heterocycles. The predicted octanol–water partition coefficient (Wildman–Crippen LogP) is 1.28. The molecular formula is C17H16N6O7. The van der Waals surface area contributed by atoms with E-state index < -0.39 is 16.8 Å². The fourth-order valence-electron chi connectivity index (χ4n) is 2.48. The fraction of sp³-hybridized carbons (Fsp3) is 0.235. The Hall–Kier alpha value is -4.29. The van der Waals surface area contributed by atoms with Gasteiger partial charge in [-0.1, -0.05) is 0 Å². The number of hydrogen-bond acceptors (Lipinski definition) is 9. The average molecular weight is 416 g/mol. The van der Waals surface area contributed by atoms with Crippen molar-refractivity contribution < 1.29 is 28.8 Å². The van der Waals surface area contributed by atoms with Crippen LogP contribution in [-0.4, -0.2) is 54.8 Å². The van der Waals surface area contributed by atoms with Crippen molar-refractivity contribution in [1.29, 1.82) is 0 Å². The van der Waals surface area contributed by atoms with Crippen LogP contribution < -0.4 is 10.1 Å². The number of pyridine rings is 1. The number of aromatic carboxylic acids is 1. The Morgan fingerprint density at radius 1 is 1.43 bits per heavy atom. The van der Waals surface area contributed by atoms with Crippen molar-refractivity contribution in [3.63, 3.8) is 0 Å². The average Bonchev–Trinajstić information content (AvgIpc) is 3.35. The molecular weight excluding hydrogens is 400 g/mol. The minimum absolute atomic E-state index is 0.0700. The van der Waals surface area contributed by atoms with Crippen molar-refractivity contribution in [2.75, 3.05) is 13.2 Å². The number of nitrogens with one attached hydrogen (secondary N) is 1. The van der Waals surface area contributed by atoms with Gasteiger partial charge in [0.2, 0.25) is 11.6 Å². The van der Waals surface area contributed by atoms with Gasteiger partial charge in [0.05, 0.1) is 23.3 Å². The molecule has 0 radical (unpaired) electrons. The Morgan fingerprint density at radius 2 is 2.23 bits per heavy atom. The summed E-state index contributed by atoms with van der Waals surface area (Å²) in [5.74, 6) is -1.49. The van der Waals surface area contributed by atoms with Crippen molar-refractivity contribution in [3.8, 4) is 17.2 Å². The van der Waals surface area contributed by atoms with Crippen LogP contribution in [0.4, 0.5) is 5.69 Å². The molecule has 0 spiro atoms. The van der Waals surface area contributed by atoms with E-state index in [4.69, 9.17) is 14.3 Å². The van der Waals surface area contributed by atoms with Gasteiger partial charge in [-0.2, -0.15) is 5.10 Å². The van der Waals surface area contributed by atoms with E-state index >= 15 is 0 Å². The minimum Gasteiger partial charge on any atom is -0.491 e. The van der Waals surface area contributed by atoms with E-state index in [0.717, 1.165) is 12.5 Å². The molecule has 0 aliphatic rings. The van der Waals surface area contributed by atoms with Gasteiger partial charge in [0.1, 0.15) is 18.2 Å². The molecule has 156 valence electrons. The number of carboxylic acid groups (broad SMARTS) is 1. The maximum Gasteiger partial charge on any atom is 0.357 e. The molecule has 0 aromatic carbocycles. The Balaban J connectivity index is 1.55. The second kappa shape index (κ2) is 8.81. The standard InChI is InChI=1S/C17H16N6O7/c1-22-8-12(23(27)28)14(21-22)15(24)19-4-2-6-29-13-7-18-5-3-10(13)16-20-11(9-30-16)17(25)26/h3,5,7-9H,2,4,6H2,1H3,(H,19,24)(H,25,26). The van der Waals surface area contributed by atoms with Gasteiger partial charge in [-0.25, -0.2) is 9.78 Å². The molecule has 0 atom stereocenters. The number of hydrogen-bond donors (Lipinski definition) is 2. The second-order valence-corrected chi connectivity index (χ2v) is 5.97. The van der Waals surface area contributed by atoms with Crippen molar-refractivity contribution in [1.82, 2.24) is 25.1 Å². The number of amides is 1. The molecule has 0 aliphatic carbocycles. The molecule has 0 saturated heterocycles. The van der Waals surface area contributed by atoms with Crippen LogP contribution in [0.15, 0.2) is 35.3 Å². The molecule has 3 aromatic rings. The number of carbonyl (C=O) groups excluding carboxylic acids is 1. The molecule has 13 nitrogen and oxygen atoms in total. The van der Waals surface area contributed by atoms with Gasteiger partial charge in [-0.3, -0.25) is 24.6 Å². The number of aryl methyl sites for hydroxylation is 1. The number of nitro groups is 1. The number of rotatable bonds is 9. The predicted molar refractivity (Wildman–Crippen MR) is 99.0 cm³/mol. The number of aromatic nitrogens is 4. The number of oxazole rings is 1. The lowest BCUT2D eigenvalue weighted by Crippen LogP contribution is -2.26. The van der Waals surface area contributed by atoms with Crippen molar-refractivity contribution in [2.24, 2.45) is 7.05 Å². The molecule has 0 fully saturated rings. The topological polar surface area (TPSA) is 176 Å². The van der Waals surface area contributed by atoms with E-state index in [-0.39, 0.29) is 36.1 Å². The van der Waals surface area contributed by atoms with Crippen LogP contribution >= 0.6 is 0 Å². The highest BCUT2D eigenvalue weighted by molar-refractivity contribution is 5.96. The summed E-state index contributed by atoms with van der Waals surface area (Å²) in [5.41, 5.74) is -0.459. The number of carbonyl (C=O) groups is 2. The van der Waals surface area contributed by atoms with E-state index in [0.29, 0.717) is 17.7 Å². The summed E-state index contributed by atoms with van der Waals surface area (Å²) in [6, 6.07) is 1.56. The van der Waals surface area contributed by atoms with E-state index in [2.05, 4.69) is 20.4 Å². The van der Waals surface area contributed by atoms with Crippen LogP contribution in [0.3, 0.4) is 0 Å². The van der Waals surface area contributed by atoms with Crippen LogP contribution in [0.5, 0.6) is 5.75 Å². The maximum atomic E-state index is 12.1. The summed E-state index contributed by atoms with van der Waals surface area (Å²) in [4.78, 5) is 41.2. The first-order valence-corrected chi connectivity index (χ1v) is 8.59. The first kappa shape index (κ1) is 20.4. The summed E-state index contributed by atoms with van der Waals surface area (Å²) >= 11 is 0. The minimum atomic E-state index is -1.22. The van der Waals surface area contributed by atoms with E-state index in [1.807, 2.05) is 0 Å². The summed E-state index contributed by atoms with van der Waals surface area (Å²) in [7, 11) is 1.48. The molecule has 0 aliphatic heterocycles. The highest BCUT2D eigenvalue weighted by Crippen LogP contribution is 2.28. The van der Waals surface area contributed by atoms with E-state index in [1.54, 1.807) is 6.07 Å². The van der Waals surface area contributed by atoms with Crippen LogP contribution in [0, 0.1) is 10.1 Å². The van der Waals surface area contributed by atoms with Crippen molar-refractivity contribution in [3.05, 3.63) is 52.4 Å². The first-order valence-electron chi connectivity index (χ1n) is 8.59. The van der Waals surface area contributed by atoms with Gasteiger partial charge < -0.3 is 19.6 Å². The molecule has 0 unspecified atom stereocenters. The SMILES string of the molecule is Cn1cc([N+](=O)[O-])c(C(=O)NCCCOc2cnccc2-c2nc(C(=O)O)co2)n1. The molecule has 1 amide bonds. The third-order valence-electron chi connectivity index (χ3n) is 3.82. The lowest BCUT2D eigenvalue weighted by atomic mass is 10.2. The molecule has 2 N–H and O–H groups in total. The van der Waals surface area contributed by atoms with Crippen LogP contribution in [0.2, 0.25) is 0 Å². The quantitative estimate of drug-likeness (QED) is 0.293. The summed E-state index contributed by atoms with van der Waals surface area (Å²) in [5, 5.41) is 26.3. The zero-order valence-corrected chi connectivity index (χ0v) is 15.6. The van der Waals surface area contributed by atoms with Gasteiger partial charge in [0, 0.05) is 19.8 Å². The summed E-state index contributed by atoms with van der Waals surface area (Å²) in [6.07, 6.45) is 5.46. The Kier molecular flexibility index (Phi) is 6.00. The monoisotopic (exact) mass is 416 g/mol. The maximum absolute atomic E-state index is 12.1. The van der Waals surface area contributed by atoms with Gasteiger partial charge in [0.15, 0.2) is 5.69 Å². The normalized spacial score (nSPS) is 10.6. The van der Waals surface area contributed by atoms with Crippen LogP contribution in [-0.2, 0) is 7.05 Å². The molecule has 0 bridgehead atoms. The van der Waals surface area contributed by atoms with Gasteiger partial charge in [-0.05, 0) is 12.5 Å². The van der Waals surface area contributed by atoms with Gasteiger partial charge >= 0.3 is 11.7 Å². The highest BCUT2D eigenvalue weighted by atomic mass is 16.6. The lowest BCUT2D eigenvalue weighted by molar-refractivity contribution is -0.385. The number of nitrogens with zero attached hydrogens (tertiary/aromatic N) is 5. The van der Waals surface area contributed by atoms with E-state index in [9.17, 15) is 19.7 Å². The van der Waals surface area contributed by atoms with Gasteiger partial charge in [0.25, 0.3) is 5.91 Å². The van der Waals surface area contributed by atoms with Crippen molar-refractivity contribution >= 4 is 17.6 Å². The number of carboxylic acids is 1. The third kappa shape index (κ3) is 4.57. The van der Waals surface area contributed by atoms with Crippen LogP contribution in [0.25, 0.3) is 11.5 Å². The summed E-state index contributed by atoms with van der Waals surface area (Å²) < 4.78 is 12.0. The Bertz CT molecular complexity index is 1090. The van der Waals surface area contributed by atoms with Crippen LogP contribution in [0.1, 0.15) is 27.4 Å². The van der Waals surface area contributed by atoms with Gasteiger partial charge in [-0.15, -0.1) is 0 Å². The Labute approximate surface area is 168 Å². The molecule has 0 saturated carbocycles. The molecule has 3 heterocycles. The molecule has 13 heteroatoms. The highest BCUT2D eigenvalue weighted by Gasteiger charge is 2.24. The van der Waals surface area contributed by atoms with Crippen molar-refractivity contribution in [2.45, 2.75) is 6.42 Å².